The monoisotopic (exact) mass is 1160 g/mol. The van der Waals surface area contributed by atoms with Crippen LogP contribution in [0.4, 0.5) is 0 Å². The number of carbonyl (C=O) groups excluding carboxylic acids is 3. The Hall–Kier alpha value is -3.41. The zero-order valence-corrected chi connectivity index (χ0v) is 55.2. The number of carbonyl (C=O) groups is 3. The van der Waals surface area contributed by atoms with Gasteiger partial charge in [0, 0.05) is 19.3 Å². The van der Waals surface area contributed by atoms with Crippen LogP contribution in [0, 0.1) is 0 Å². The molecule has 0 rings (SSSR count). The number of hydrogen-bond donors (Lipinski definition) is 0. The molecule has 0 saturated carbocycles. The average molecular weight is 1160 g/mol. The molecule has 0 radical (unpaired) electrons. The molecular formula is C77H136O6. The van der Waals surface area contributed by atoms with Gasteiger partial charge < -0.3 is 14.2 Å². The highest BCUT2D eigenvalue weighted by atomic mass is 16.6. The number of hydrogen-bond acceptors (Lipinski definition) is 6. The highest BCUT2D eigenvalue weighted by molar-refractivity contribution is 5.71. The van der Waals surface area contributed by atoms with Gasteiger partial charge in [0.2, 0.25) is 0 Å². The third-order valence-electron chi connectivity index (χ3n) is 15.8. The van der Waals surface area contributed by atoms with Gasteiger partial charge in [-0.25, -0.2) is 0 Å². The van der Waals surface area contributed by atoms with Crippen molar-refractivity contribution in [1.82, 2.24) is 0 Å². The Bertz CT molecular complexity index is 1570. The summed E-state index contributed by atoms with van der Waals surface area (Å²) in [6.07, 6.45) is 94.8. The molecule has 0 spiro atoms. The highest BCUT2D eigenvalue weighted by Crippen LogP contribution is 2.18. The Morgan fingerprint density at radius 2 is 0.458 bits per heavy atom. The van der Waals surface area contributed by atoms with E-state index in [4.69, 9.17) is 14.2 Å². The number of allylic oxidation sites excluding steroid dienone is 14. The molecule has 0 aliphatic rings. The Kier molecular flexibility index (Phi) is 68.2. The van der Waals surface area contributed by atoms with Crippen LogP contribution in [0.5, 0.6) is 0 Å². The molecule has 0 amide bonds. The fourth-order valence-corrected chi connectivity index (χ4v) is 10.4. The molecule has 0 aromatic heterocycles. The van der Waals surface area contributed by atoms with Crippen LogP contribution in [0.25, 0.3) is 0 Å². The SMILES string of the molecule is CCC/C=C\C/C=C\CCCCCCCC(=O)OCC(COC(=O)CCCCCCCCCCCCCCCCCCCCCCC/C=C\C/C=C\CCCCCCC)OC(=O)CCCCCCCC/C=C\C/C=C\C/C=C\CCCCC. The molecule has 0 aromatic carbocycles. The molecular weight excluding hydrogens is 1020 g/mol. The van der Waals surface area contributed by atoms with Crippen molar-refractivity contribution >= 4 is 17.9 Å². The summed E-state index contributed by atoms with van der Waals surface area (Å²) < 4.78 is 16.9. The first kappa shape index (κ1) is 79.6. The largest absolute Gasteiger partial charge is 0.462 e. The van der Waals surface area contributed by atoms with Gasteiger partial charge in [-0.05, 0) is 116 Å². The zero-order valence-electron chi connectivity index (χ0n) is 55.2. The summed E-state index contributed by atoms with van der Waals surface area (Å²) in [5.74, 6) is -0.894. The number of esters is 3. The van der Waals surface area contributed by atoms with Crippen molar-refractivity contribution in [3.63, 3.8) is 0 Å². The first-order valence-corrected chi connectivity index (χ1v) is 36.1. The normalized spacial score (nSPS) is 12.6. The quantitative estimate of drug-likeness (QED) is 0.0261. The molecule has 0 saturated heterocycles. The standard InChI is InChI=1S/C77H136O6/c1-4-7-10-13-16-19-22-25-27-29-31-32-33-34-35-36-37-38-39-40-41-42-43-44-46-47-49-52-55-58-61-64-67-70-76(79)82-73-74(72-81-75(78)69-66-63-60-57-54-51-24-21-18-15-12-9-6-3)83-77(80)71-68-65-62-59-56-53-50-48-45-30-28-26-23-20-17-14-11-8-5-2/h12,15,17,20-22,24-26,28-29,31,45,48,74H,4-11,13-14,16,18-19,23,27,30,32-44,46-47,49-73H2,1-3H3/b15-12-,20-17-,24-21-,25-22-,28-26-,31-29-,48-45-. The van der Waals surface area contributed by atoms with Gasteiger partial charge >= 0.3 is 17.9 Å². The first-order valence-electron chi connectivity index (χ1n) is 36.1. The zero-order chi connectivity index (χ0) is 59.9. The molecule has 0 heterocycles. The van der Waals surface area contributed by atoms with Crippen LogP contribution < -0.4 is 0 Å². The average Bonchev–Trinajstić information content (AvgIpc) is 3.49. The van der Waals surface area contributed by atoms with E-state index in [2.05, 4.69) is 106 Å². The van der Waals surface area contributed by atoms with Crippen molar-refractivity contribution in [2.24, 2.45) is 0 Å². The highest BCUT2D eigenvalue weighted by Gasteiger charge is 2.19. The lowest BCUT2D eigenvalue weighted by molar-refractivity contribution is -0.167. The summed E-state index contributed by atoms with van der Waals surface area (Å²) in [6, 6.07) is 0. The van der Waals surface area contributed by atoms with Crippen LogP contribution in [-0.2, 0) is 28.6 Å². The Balaban J connectivity index is 4.17. The Morgan fingerprint density at radius 3 is 0.747 bits per heavy atom. The van der Waals surface area contributed by atoms with Crippen LogP contribution in [0.2, 0.25) is 0 Å². The summed E-state index contributed by atoms with van der Waals surface area (Å²) in [5.41, 5.74) is 0. The predicted molar refractivity (Wildman–Crippen MR) is 362 cm³/mol. The van der Waals surface area contributed by atoms with Crippen LogP contribution in [0.15, 0.2) is 85.1 Å². The lowest BCUT2D eigenvalue weighted by Crippen LogP contribution is -2.30. The fourth-order valence-electron chi connectivity index (χ4n) is 10.4. The van der Waals surface area contributed by atoms with E-state index in [-0.39, 0.29) is 31.1 Å². The molecule has 1 unspecified atom stereocenters. The second-order valence-electron chi connectivity index (χ2n) is 24.1. The smallest absolute Gasteiger partial charge is 0.306 e. The topological polar surface area (TPSA) is 78.9 Å². The van der Waals surface area contributed by atoms with Gasteiger partial charge in [-0.15, -0.1) is 0 Å². The first-order chi connectivity index (χ1) is 41.0. The maximum atomic E-state index is 12.9. The second-order valence-corrected chi connectivity index (χ2v) is 24.1. The second kappa shape index (κ2) is 71.1. The van der Waals surface area contributed by atoms with Gasteiger partial charge in [0.15, 0.2) is 6.10 Å². The molecule has 6 nitrogen and oxygen atoms in total. The van der Waals surface area contributed by atoms with Crippen LogP contribution in [0.1, 0.15) is 367 Å². The van der Waals surface area contributed by atoms with E-state index in [1.165, 1.54) is 205 Å². The molecule has 6 heteroatoms. The van der Waals surface area contributed by atoms with Crippen LogP contribution >= 0.6 is 0 Å². The summed E-state index contributed by atoms with van der Waals surface area (Å²) in [6.45, 7) is 6.56. The van der Waals surface area contributed by atoms with Crippen molar-refractivity contribution in [2.45, 2.75) is 374 Å². The molecule has 1 atom stereocenters. The third kappa shape index (κ3) is 69.3. The van der Waals surface area contributed by atoms with Gasteiger partial charge in [0.1, 0.15) is 13.2 Å². The predicted octanol–water partition coefficient (Wildman–Crippen LogP) is 25.0. The van der Waals surface area contributed by atoms with Crippen LogP contribution in [-0.4, -0.2) is 37.2 Å². The number of unbranched alkanes of at least 4 members (excludes halogenated alkanes) is 41. The molecule has 0 aromatic rings. The minimum Gasteiger partial charge on any atom is -0.462 e. The fraction of sp³-hybridized carbons (Fsp3) is 0.779. The number of rotatable bonds is 66. The molecule has 0 aliphatic carbocycles. The van der Waals surface area contributed by atoms with E-state index in [0.29, 0.717) is 19.3 Å². The van der Waals surface area contributed by atoms with E-state index >= 15 is 0 Å². The lowest BCUT2D eigenvalue weighted by atomic mass is 10.0. The molecule has 0 aliphatic heterocycles. The van der Waals surface area contributed by atoms with E-state index < -0.39 is 6.10 Å². The van der Waals surface area contributed by atoms with E-state index in [9.17, 15) is 14.4 Å². The molecule has 0 fully saturated rings. The van der Waals surface area contributed by atoms with Crippen molar-refractivity contribution in [1.29, 1.82) is 0 Å². The van der Waals surface area contributed by atoms with Crippen LogP contribution in [0.3, 0.4) is 0 Å². The van der Waals surface area contributed by atoms with Gasteiger partial charge in [0.05, 0.1) is 0 Å². The van der Waals surface area contributed by atoms with E-state index in [1.54, 1.807) is 0 Å². The summed E-state index contributed by atoms with van der Waals surface area (Å²) >= 11 is 0. The van der Waals surface area contributed by atoms with E-state index in [1.807, 2.05) is 0 Å². The number of ether oxygens (including phenoxy) is 3. The molecule has 480 valence electrons. The molecule has 0 bridgehead atoms. The van der Waals surface area contributed by atoms with E-state index in [0.717, 1.165) is 122 Å². The minimum atomic E-state index is -0.790. The minimum absolute atomic E-state index is 0.0835. The van der Waals surface area contributed by atoms with Gasteiger partial charge in [-0.3, -0.25) is 14.4 Å². The van der Waals surface area contributed by atoms with Crippen molar-refractivity contribution in [3.8, 4) is 0 Å². The Labute approximate surface area is 515 Å². The maximum absolute atomic E-state index is 12.9. The lowest BCUT2D eigenvalue weighted by Gasteiger charge is -2.18. The molecule has 0 N–H and O–H groups in total. The van der Waals surface area contributed by atoms with Gasteiger partial charge in [0.25, 0.3) is 0 Å². The van der Waals surface area contributed by atoms with Crippen molar-refractivity contribution in [2.75, 3.05) is 13.2 Å². The Morgan fingerprint density at radius 1 is 0.241 bits per heavy atom. The third-order valence-corrected chi connectivity index (χ3v) is 15.8. The van der Waals surface area contributed by atoms with Crippen molar-refractivity contribution in [3.05, 3.63) is 85.1 Å². The maximum Gasteiger partial charge on any atom is 0.306 e. The van der Waals surface area contributed by atoms with Gasteiger partial charge in [-0.2, -0.15) is 0 Å². The van der Waals surface area contributed by atoms with Crippen molar-refractivity contribution < 1.29 is 28.6 Å². The summed E-state index contributed by atoms with van der Waals surface area (Å²) in [5, 5.41) is 0. The molecule has 83 heavy (non-hydrogen) atoms. The summed E-state index contributed by atoms with van der Waals surface area (Å²) in [7, 11) is 0. The summed E-state index contributed by atoms with van der Waals surface area (Å²) in [4.78, 5) is 38.4. The van der Waals surface area contributed by atoms with Gasteiger partial charge in [-0.1, -0.05) is 318 Å².